The van der Waals surface area contributed by atoms with Crippen molar-refractivity contribution in [2.75, 3.05) is 13.1 Å². The third-order valence-electron chi connectivity index (χ3n) is 3.34. The highest BCUT2D eigenvalue weighted by atomic mass is 16.5. The van der Waals surface area contributed by atoms with Gasteiger partial charge in [0.1, 0.15) is 0 Å². The van der Waals surface area contributed by atoms with Gasteiger partial charge in [-0.25, -0.2) is 0 Å². The minimum atomic E-state index is 0.312. The van der Waals surface area contributed by atoms with Crippen molar-refractivity contribution in [3.8, 4) is 11.6 Å². The zero-order valence-corrected chi connectivity index (χ0v) is 9.93. The summed E-state index contributed by atoms with van der Waals surface area (Å²) in [5.41, 5.74) is 1.02. The Labute approximate surface area is 99.2 Å². The van der Waals surface area contributed by atoms with E-state index in [0.29, 0.717) is 29.3 Å². The fourth-order valence-corrected chi connectivity index (χ4v) is 2.22. The minimum Gasteiger partial charge on any atom is -0.461 e. The maximum atomic E-state index is 5.35. The van der Waals surface area contributed by atoms with Gasteiger partial charge in [-0.1, -0.05) is 12.1 Å². The summed E-state index contributed by atoms with van der Waals surface area (Å²) in [4.78, 5) is 4.43. The van der Waals surface area contributed by atoms with Gasteiger partial charge in [-0.05, 0) is 31.0 Å². The van der Waals surface area contributed by atoms with Gasteiger partial charge in [0, 0.05) is 6.54 Å². The molecule has 0 amide bonds. The summed E-state index contributed by atoms with van der Waals surface area (Å²) in [5, 5.41) is 7.32. The predicted octanol–water partition coefficient (Wildman–Crippen LogP) is 1.96. The van der Waals surface area contributed by atoms with Gasteiger partial charge in [0.15, 0.2) is 5.76 Å². The third kappa shape index (κ3) is 1.76. The Morgan fingerprint density at radius 1 is 1.41 bits per heavy atom. The summed E-state index contributed by atoms with van der Waals surface area (Å²) < 4.78 is 10.7. The monoisotopic (exact) mass is 233 g/mol. The van der Waals surface area contributed by atoms with Crippen LogP contribution in [0.4, 0.5) is 0 Å². The van der Waals surface area contributed by atoms with Crippen LogP contribution in [0.3, 0.4) is 0 Å². The van der Waals surface area contributed by atoms with Gasteiger partial charge in [0.2, 0.25) is 11.7 Å². The van der Waals surface area contributed by atoms with E-state index in [0.717, 1.165) is 18.7 Å². The lowest BCUT2D eigenvalue weighted by Crippen LogP contribution is -2.08. The highest BCUT2D eigenvalue weighted by molar-refractivity contribution is 5.51. The molecule has 17 heavy (non-hydrogen) atoms. The molecule has 0 saturated carbocycles. The van der Waals surface area contributed by atoms with Crippen molar-refractivity contribution in [3.63, 3.8) is 0 Å². The Balaban J connectivity index is 1.90. The molecule has 0 aliphatic carbocycles. The SMILES string of the molecule is Cc1ccoc1-c1noc(C2CNCC2C)n1. The van der Waals surface area contributed by atoms with E-state index in [1.165, 1.54) is 0 Å². The van der Waals surface area contributed by atoms with Gasteiger partial charge >= 0.3 is 0 Å². The van der Waals surface area contributed by atoms with Crippen molar-refractivity contribution in [3.05, 3.63) is 23.8 Å². The second kappa shape index (κ2) is 4.00. The molecule has 3 heterocycles. The molecule has 3 rings (SSSR count). The van der Waals surface area contributed by atoms with Crippen molar-refractivity contribution >= 4 is 0 Å². The molecule has 1 aliphatic rings. The molecule has 1 aliphatic heterocycles. The lowest BCUT2D eigenvalue weighted by Gasteiger charge is -2.07. The van der Waals surface area contributed by atoms with Crippen LogP contribution in [0.1, 0.15) is 24.3 Å². The number of nitrogens with one attached hydrogen (secondary N) is 1. The first-order chi connectivity index (χ1) is 8.25. The maximum absolute atomic E-state index is 5.35. The summed E-state index contributed by atoms with van der Waals surface area (Å²) in [6.07, 6.45) is 1.64. The van der Waals surface area contributed by atoms with Crippen LogP contribution < -0.4 is 5.32 Å². The molecule has 0 radical (unpaired) electrons. The normalized spacial score (nSPS) is 24.4. The van der Waals surface area contributed by atoms with E-state index in [4.69, 9.17) is 8.94 Å². The molecule has 90 valence electrons. The lowest BCUT2D eigenvalue weighted by molar-refractivity contribution is 0.339. The number of aromatic nitrogens is 2. The van der Waals surface area contributed by atoms with E-state index in [-0.39, 0.29) is 0 Å². The Bertz CT molecular complexity index is 517. The van der Waals surface area contributed by atoms with Crippen LogP contribution in [0.2, 0.25) is 0 Å². The molecule has 2 aromatic heterocycles. The molecule has 5 nitrogen and oxygen atoms in total. The smallest absolute Gasteiger partial charge is 0.238 e. The molecular weight excluding hydrogens is 218 g/mol. The Kier molecular flexibility index (Phi) is 2.48. The van der Waals surface area contributed by atoms with Crippen molar-refractivity contribution in [1.82, 2.24) is 15.5 Å². The predicted molar refractivity (Wildman–Crippen MR) is 61.5 cm³/mol. The largest absolute Gasteiger partial charge is 0.461 e. The topological polar surface area (TPSA) is 64.1 Å². The molecular formula is C12H15N3O2. The summed E-state index contributed by atoms with van der Waals surface area (Å²) in [6, 6.07) is 1.89. The molecule has 5 heteroatoms. The summed E-state index contributed by atoms with van der Waals surface area (Å²) in [5.74, 6) is 2.78. The zero-order chi connectivity index (χ0) is 11.8. The van der Waals surface area contributed by atoms with E-state index >= 15 is 0 Å². The fraction of sp³-hybridized carbons (Fsp3) is 0.500. The quantitative estimate of drug-likeness (QED) is 0.859. The maximum Gasteiger partial charge on any atom is 0.238 e. The first kappa shape index (κ1) is 10.5. The van der Waals surface area contributed by atoms with E-state index < -0.39 is 0 Å². The number of nitrogens with zero attached hydrogens (tertiary/aromatic N) is 2. The van der Waals surface area contributed by atoms with Crippen LogP contribution in [0.25, 0.3) is 11.6 Å². The van der Waals surface area contributed by atoms with Crippen LogP contribution in [-0.4, -0.2) is 23.2 Å². The molecule has 2 aromatic rings. The highest BCUT2D eigenvalue weighted by Gasteiger charge is 2.30. The van der Waals surface area contributed by atoms with Crippen molar-refractivity contribution in [1.29, 1.82) is 0 Å². The van der Waals surface area contributed by atoms with Crippen LogP contribution in [0.5, 0.6) is 0 Å². The van der Waals surface area contributed by atoms with Crippen LogP contribution in [0, 0.1) is 12.8 Å². The van der Waals surface area contributed by atoms with Gasteiger partial charge in [-0.15, -0.1) is 0 Å². The first-order valence-corrected chi connectivity index (χ1v) is 5.84. The van der Waals surface area contributed by atoms with Gasteiger partial charge in [0.25, 0.3) is 0 Å². The minimum absolute atomic E-state index is 0.312. The Morgan fingerprint density at radius 2 is 2.29 bits per heavy atom. The molecule has 1 fully saturated rings. The molecule has 1 saturated heterocycles. The van der Waals surface area contributed by atoms with E-state index in [9.17, 15) is 0 Å². The molecule has 2 atom stereocenters. The molecule has 0 bridgehead atoms. The van der Waals surface area contributed by atoms with Crippen molar-refractivity contribution in [2.45, 2.75) is 19.8 Å². The number of rotatable bonds is 2. The van der Waals surface area contributed by atoms with E-state index in [1.54, 1.807) is 6.26 Å². The average molecular weight is 233 g/mol. The van der Waals surface area contributed by atoms with Crippen molar-refractivity contribution in [2.24, 2.45) is 5.92 Å². The number of aryl methyl sites for hydroxylation is 1. The molecule has 0 aromatic carbocycles. The van der Waals surface area contributed by atoms with Gasteiger partial charge < -0.3 is 14.3 Å². The highest BCUT2D eigenvalue weighted by Crippen LogP contribution is 2.29. The lowest BCUT2D eigenvalue weighted by atomic mass is 9.98. The second-order valence-electron chi connectivity index (χ2n) is 4.63. The number of furan rings is 1. The number of hydrogen-bond acceptors (Lipinski definition) is 5. The molecule has 0 spiro atoms. The van der Waals surface area contributed by atoms with E-state index in [2.05, 4.69) is 22.4 Å². The fourth-order valence-electron chi connectivity index (χ4n) is 2.22. The Morgan fingerprint density at radius 3 is 2.94 bits per heavy atom. The van der Waals surface area contributed by atoms with Crippen molar-refractivity contribution < 1.29 is 8.94 Å². The van der Waals surface area contributed by atoms with E-state index in [1.807, 2.05) is 13.0 Å². The van der Waals surface area contributed by atoms with Crippen LogP contribution >= 0.6 is 0 Å². The zero-order valence-electron chi connectivity index (χ0n) is 9.93. The summed E-state index contributed by atoms with van der Waals surface area (Å²) in [7, 11) is 0. The first-order valence-electron chi connectivity index (χ1n) is 5.84. The van der Waals surface area contributed by atoms with Gasteiger partial charge in [-0.3, -0.25) is 0 Å². The average Bonchev–Trinajstić information content (AvgIpc) is 2.97. The summed E-state index contributed by atoms with van der Waals surface area (Å²) in [6.45, 7) is 6.06. The third-order valence-corrected chi connectivity index (χ3v) is 3.34. The molecule has 1 N–H and O–H groups in total. The van der Waals surface area contributed by atoms with Crippen LogP contribution in [0.15, 0.2) is 21.3 Å². The summed E-state index contributed by atoms with van der Waals surface area (Å²) >= 11 is 0. The standard InChI is InChI=1S/C12H15N3O2/c1-7-3-4-16-10(7)11-14-12(17-15-11)9-6-13-5-8(9)2/h3-4,8-9,13H,5-6H2,1-2H3. The second-order valence-corrected chi connectivity index (χ2v) is 4.63. The van der Waals surface area contributed by atoms with Gasteiger partial charge in [0.05, 0.1) is 12.2 Å². The molecule has 2 unspecified atom stereocenters. The number of hydrogen-bond donors (Lipinski definition) is 1. The van der Waals surface area contributed by atoms with Crippen LogP contribution in [-0.2, 0) is 0 Å². The van der Waals surface area contributed by atoms with Gasteiger partial charge in [-0.2, -0.15) is 4.98 Å². The Hall–Kier alpha value is -1.62.